The third kappa shape index (κ3) is 3.11. The van der Waals surface area contributed by atoms with Crippen molar-refractivity contribution in [3.63, 3.8) is 0 Å². The first-order valence-corrected chi connectivity index (χ1v) is 5.00. The zero-order valence-electron chi connectivity index (χ0n) is 10.1. The van der Waals surface area contributed by atoms with E-state index in [0.717, 1.165) is 0 Å². The van der Waals surface area contributed by atoms with Gasteiger partial charge in [-0.3, -0.25) is 4.79 Å². The third-order valence-electron chi connectivity index (χ3n) is 2.16. The summed E-state index contributed by atoms with van der Waals surface area (Å²) in [6.45, 7) is -0.123. The average molecular weight is 234 g/mol. The molecule has 0 spiro atoms. The predicted molar refractivity (Wildman–Crippen MR) is 61.9 cm³/mol. The molecule has 1 amide bonds. The van der Waals surface area contributed by atoms with Crippen molar-refractivity contribution in [3.05, 3.63) is 23.8 Å². The van der Waals surface area contributed by atoms with Crippen LogP contribution in [-0.2, 0) is 4.79 Å². The number of nitriles is 1. The number of nitrogens with zero attached hydrogens (tertiary/aromatic N) is 2. The van der Waals surface area contributed by atoms with Crippen molar-refractivity contribution in [2.24, 2.45) is 0 Å². The first kappa shape index (κ1) is 12.8. The molecule has 0 aromatic heterocycles. The number of rotatable bonds is 4. The molecule has 5 heteroatoms. The number of hydrogen-bond acceptors (Lipinski definition) is 4. The number of carbonyl (C=O) groups excluding carboxylic acids is 1. The molecule has 0 fully saturated rings. The van der Waals surface area contributed by atoms with Gasteiger partial charge in [-0.2, -0.15) is 5.26 Å². The first-order chi connectivity index (χ1) is 8.10. The molecule has 0 saturated carbocycles. The topological polar surface area (TPSA) is 62.6 Å². The minimum Gasteiger partial charge on any atom is -0.493 e. The van der Waals surface area contributed by atoms with E-state index in [-0.39, 0.29) is 12.5 Å². The van der Waals surface area contributed by atoms with Crippen LogP contribution in [0.2, 0.25) is 0 Å². The average Bonchev–Trinajstić information content (AvgIpc) is 2.34. The van der Waals surface area contributed by atoms with Gasteiger partial charge in [-0.1, -0.05) is 6.07 Å². The van der Waals surface area contributed by atoms with Gasteiger partial charge in [0.1, 0.15) is 6.07 Å². The van der Waals surface area contributed by atoms with E-state index < -0.39 is 0 Å². The number of carbonyl (C=O) groups is 1. The zero-order valence-corrected chi connectivity index (χ0v) is 10.1. The quantitative estimate of drug-likeness (QED) is 0.780. The Morgan fingerprint density at radius 2 is 2.18 bits per heavy atom. The Hall–Kier alpha value is -2.22. The van der Waals surface area contributed by atoms with Gasteiger partial charge in [-0.25, -0.2) is 0 Å². The number of para-hydroxylation sites is 1. The fourth-order valence-electron chi connectivity index (χ4n) is 1.18. The highest BCUT2D eigenvalue weighted by Gasteiger charge is 2.12. The lowest BCUT2D eigenvalue weighted by Crippen LogP contribution is -2.27. The summed E-state index contributed by atoms with van der Waals surface area (Å²) in [6.07, 6.45) is 0. The number of likely N-dealkylation sites (N-methyl/N-ethyl adjacent to an activating group) is 1. The molecule has 0 aliphatic carbocycles. The summed E-state index contributed by atoms with van der Waals surface area (Å²) in [6, 6.07) is 6.97. The van der Waals surface area contributed by atoms with Gasteiger partial charge in [-0.15, -0.1) is 0 Å². The Balaban J connectivity index is 2.89. The highest BCUT2D eigenvalue weighted by atomic mass is 16.5. The Bertz CT molecular complexity index is 450. The minimum atomic E-state index is -0.181. The van der Waals surface area contributed by atoms with Crippen LogP contribution in [0.1, 0.15) is 5.56 Å². The summed E-state index contributed by atoms with van der Waals surface area (Å²) < 4.78 is 10.4. The molecule has 0 unspecified atom stereocenters. The molecular formula is C12H14N2O3. The molecule has 0 N–H and O–H groups in total. The van der Waals surface area contributed by atoms with Crippen molar-refractivity contribution in [2.45, 2.75) is 0 Å². The second-order valence-corrected chi connectivity index (χ2v) is 3.53. The SMILES string of the molecule is COc1cccc(C#N)c1OCC(=O)N(C)C. The van der Waals surface area contributed by atoms with E-state index in [1.807, 2.05) is 6.07 Å². The Kier molecular flexibility index (Phi) is 4.35. The molecule has 1 aromatic carbocycles. The summed E-state index contributed by atoms with van der Waals surface area (Å²) >= 11 is 0. The van der Waals surface area contributed by atoms with Crippen LogP contribution >= 0.6 is 0 Å². The van der Waals surface area contributed by atoms with Crippen molar-refractivity contribution in [1.82, 2.24) is 4.90 Å². The summed E-state index contributed by atoms with van der Waals surface area (Å²) in [5.74, 6) is 0.558. The summed E-state index contributed by atoms with van der Waals surface area (Å²) in [5.41, 5.74) is 0.343. The van der Waals surface area contributed by atoms with Crippen molar-refractivity contribution in [2.75, 3.05) is 27.8 Å². The molecule has 1 rings (SSSR count). The van der Waals surface area contributed by atoms with Crippen molar-refractivity contribution < 1.29 is 14.3 Å². The maximum atomic E-state index is 11.4. The highest BCUT2D eigenvalue weighted by molar-refractivity contribution is 5.77. The predicted octanol–water partition coefficient (Wildman–Crippen LogP) is 1.03. The maximum absolute atomic E-state index is 11.4. The maximum Gasteiger partial charge on any atom is 0.259 e. The van der Waals surface area contributed by atoms with Crippen molar-refractivity contribution in [3.8, 4) is 17.6 Å². The lowest BCUT2D eigenvalue weighted by atomic mass is 10.2. The largest absolute Gasteiger partial charge is 0.493 e. The van der Waals surface area contributed by atoms with Crippen LogP contribution in [0.25, 0.3) is 0 Å². The van der Waals surface area contributed by atoms with Crippen LogP contribution in [0, 0.1) is 11.3 Å². The third-order valence-corrected chi connectivity index (χ3v) is 2.16. The van der Waals surface area contributed by atoms with Gasteiger partial charge in [0.2, 0.25) is 0 Å². The molecule has 0 atom stereocenters. The van der Waals surface area contributed by atoms with Crippen molar-refractivity contribution >= 4 is 5.91 Å². The molecule has 0 bridgehead atoms. The Morgan fingerprint density at radius 1 is 1.47 bits per heavy atom. The minimum absolute atomic E-state index is 0.123. The van der Waals surface area contributed by atoms with Gasteiger partial charge in [0.25, 0.3) is 5.91 Å². The molecule has 0 radical (unpaired) electrons. The molecule has 0 heterocycles. The van der Waals surface area contributed by atoms with Crippen LogP contribution in [0.3, 0.4) is 0 Å². The number of ether oxygens (including phenoxy) is 2. The van der Waals surface area contributed by atoms with Crippen LogP contribution in [0.4, 0.5) is 0 Å². The monoisotopic (exact) mass is 234 g/mol. The lowest BCUT2D eigenvalue weighted by Gasteiger charge is -2.14. The van der Waals surface area contributed by atoms with E-state index in [4.69, 9.17) is 14.7 Å². The molecule has 0 aliphatic heterocycles. The van der Waals surface area contributed by atoms with E-state index >= 15 is 0 Å². The first-order valence-electron chi connectivity index (χ1n) is 5.00. The lowest BCUT2D eigenvalue weighted by molar-refractivity contribution is -0.130. The Morgan fingerprint density at radius 3 is 2.71 bits per heavy atom. The van der Waals surface area contributed by atoms with Gasteiger partial charge in [0, 0.05) is 14.1 Å². The van der Waals surface area contributed by atoms with Crippen LogP contribution in [0.15, 0.2) is 18.2 Å². The van der Waals surface area contributed by atoms with E-state index in [0.29, 0.717) is 17.1 Å². The second-order valence-electron chi connectivity index (χ2n) is 3.53. The molecule has 1 aromatic rings. The molecule has 17 heavy (non-hydrogen) atoms. The molecule has 0 saturated heterocycles. The van der Waals surface area contributed by atoms with Gasteiger partial charge in [-0.05, 0) is 12.1 Å². The van der Waals surface area contributed by atoms with Crippen LogP contribution in [0.5, 0.6) is 11.5 Å². The fraction of sp³-hybridized carbons (Fsp3) is 0.333. The van der Waals surface area contributed by atoms with Crippen molar-refractivity contribution in [1.29, 1.82) is 5.26 Å². The number of methoxy groups -OCH3 is 1. The van der Waals surface area contributed by atoms with E-state index in [2.05, 4.69) is 0 Å². The van der Waals surface area contributed by atoms with E-state index in [1.165, 1.54) is 12.0 Å². The molecule has 5 nitrogen and oxygen atoms in total. The fourth-order valence-corrected chi connectivity index (χ4v) is 1.18. The normalized spacial score (nSPS) is 9.29. The van der Waals surface area contributed by atoms with Crippen LogP contribution in [-0.4, -0.2) is 38.6 Å². The van der Waals surface area contributed by atoms with E-state index in [1.54, 1.807) is 32.3 Å². The van der Waals surface area contributed by atoms with Gasteiger partial charge in [0.15, 0.2) is 18.1 Å². The number of amides is 1. The summed E-state index contributed by atoms with van der Waals surface area (Å²) in [5, 5.41) is 8.93. The highest BCUT2D eigenvalue weighted by Crippen LogP contribution is 2.30. The van der Waals surface area contributed by atoms with E-state index in [9.17, 15) is 4.79 Å². The zero-order chi connectivity index (χ0) is 12.8. The number of benzene rings is 1. The Labute approximate surface area is 100 Å². The molecule has 90 valence electrons. The van der Waals surface area contributed by atoms with Crippen LogP contribution < -0.4 is 9.47 Å². The summed E-state index contributed by atoms with van der Waals surface area (Å²) in [7, 11) is 4.76. The molecular weight excluding hydrogens is 220 g/mol. The molecule has 0 aliphatic rings. The van der Waals surface area contributed by atoms with Gasteiger partial charge in [0.05, 0.1) is 12.7 Å². The smallest absolute Gasteiger partial charge is 0.259 e. The second kappa shape index (κ2) is 5.75. The summed E-state index contributed by atoms with van der Waals surface area (Å²) in [4.78, 5) is 12.8. The van der Waals surface area contributed by atoms with Gasteiger partial charge >= 0.3 is 0 Å². The standard InChI is InChI=1S/C12H14N2O3/c1-14(2)11(15)8-17-12-9(7-13)5-4-6-10(12)16-3/h4-6H,8H2,1-3H3. The van der Waals surface area contributed by atoms with Gasteiger partial charge < -0.3 is 14.4 Å². The number of hydrogen-bond donors (Lipinski definition) is 0.